The molecule has 0 saturated carbocycles. The summed E-state index contributed by atoms with van der Waals surface area (Å²) in [4.78, 5) is 26.5. The van der Waals surface area contributed by atoms with Gasteiger partial charge in [0.1, 0.15) is 5.82 Å². The van der Waals surface area contributed by atoms with Gasteiger partial charge in [0.15, 0.2) is 9.84 Å². The molecule has 0 bridgehead atoms. The van der Waals surface area contributed by atoms with Gasteiger partial charge in [-0.1, -0.05) is 12.1 Å². The van der Waals surface area contributed by atoms with Gasteiger partial charge in [-0.15, -0.1) is 0 Å². The predicted molar refractivity (Wildman–Crippen MR) is 136 cm³/mol. The Morgan fingerprint density at radius 1 is 1.11 bits per heavy atom. The Bertz CT molecular complexity index is 1770. The van der Waals surface area contributed by atoms with Crippen LogP contribution < -0.4 is 10.2 Å². The number of ether oxygens (including phenoxy) is 1. The molecule has 0 saturated heterocycles. The van der Waals surface area contributed by atoms with Crippen LogP contribution in [0.25, 0.3) is 22.3 Å². The van der Waals surface area contributed by atoms with E-state index in [1.165, 1.54) is 18.2 Å². The van der Waals surface area contributed by atoms with E-state index in [2.05, 4.69) is 20.3 Å². The average Bonchev–Trinajstić information content (AvgIpc) is 3.07. The van der Waals surface area contributed by atoms with Crippen molar-refractivity contribution in [2.24, 2.45) is 0 Å². The molecule has 3 aromatic heterocycles. The van der Waals surface area contributed by atoms with Gasteiger partial charge in [-0.05, 0) is 48.0 Å². The normalized spacial score (nSPS) is 17.8. The van der Waals surface area contributed by atoms with E-state index in [1.807, 2.05) is 0 Å². The van der Waals surface area contributed by atoms with Crippen LogP contribution in [-0.2, 0) is 27.7 Å². The molecule has 1 amide bonds. The first-order valence-electron chi connectivity index (χ1n) is 14.0. The van der Waals surface area contributed by atoms with Gasteiger partial charge < -0.3 is 15.0 Å². The van der Waals surface area contributed by atoms with Gasteiger partial charge >= 0.3 is 0 Å². The maximum absolute atomic E-state index is 12.9. The molecule has 4 heterocycles. The number of fused-ring (bicyclic) bond motifs is 2. The highest BCUT2D eigenvalue weighted by molar-refractivity contribution is 7.91. The minimum atomic E-state index is -3.56. The van der Waals surface area contributed by atoms with Gasteiger partial charge in [0.25, 0.3) is 5.91 Å². The monoisotopic (exact) mass is 509 g/mol. The van der Waals surface area contributed by atoms with Gasteiger partial charge in [-0.3, -0.25) is 9.78 Å². The van der Waals surface area contributed by atoms with Crippen molar-refractivity contribution in [2.45, 2.75) is 18.0 Å². The van der Waals surface area contributed by atoms with Crippen LogP contribution >= 0.6 is 0 Å². The Labute approximate surface area is 217 Å². The summed E-state index contributed by atoms with van der Waals surface area (Å²) < 4.78 is 76.4. The van der Waals surface area contributed by atoms with Gasteiger partial charge in [0, 0.05) is 39.3 Å². The Balaban J connectivity index is 1.37. The highest BCUT2D eigenvalue weighted by Crippen LogP contribution is 2.24. The molecule has 184 valence electrons. The Hall–Kier alpha value is -3.89. The molecule has 5 rings (SSSR count). The maximum Gasteiger partial charge on any atom is 0.251 e. The number of benzene rings is 1. The first kappa shape index (κ1) is 17.5. The minimum Gasteiger partial charge on any atom is -0.376 e. The molecule has 10 heteroatoms. The molecule has 0 fully saturated rings. The Morgan fingerprint density at radius 3 is 2.83 bits per heavy atom. The second-order valence-electron chi connectivity index (χ2n) is 8.16. The summed E-state index contributed by atoms with van der Waals surface area (Å²) in [6.07, 6.45) is 1.58. The highest BCUT2D eigenvalue weighted by Gasteiger charge is 2.23. The summed E-state index contributed by atoms with van der Waals surface area (Å²) in [6.45, 7) is -5.61. The zero-order chi connectivity index (χ0) is 30.3. The predicted octanol–water partition coefficient (Wildman–Crippen LogP) is 2.99. The molecule has 1 aliphatic rings. The van der Waals surface area contributed by atoms with Crippen LogP contribution in [-0.4, -0.2) is 55.6 Å². The van der Waals surface area contributed by atoms with Crippen LogP contribution in [0.5, 0.6) is 0 Å². The molecule has 1 aromatic carbocycles. The topological polar surface area (TPSA) is 114 Å². The lowest BCUT2D eigenvalue weighted by atomic mass is 10.1. The molecule has 0 radical (unpaired) electrons. The van der Waals surface area contributed by atoms with Crippen molar-refractivity contribution in [1.29, 1.82) is 0 Å². The third-order valence-corrected chi connectivity index (χ3v) is 7.46. The molecule has 0 spiro atoms. The van der Waals surface area contributed by atoms with Crippen molar-refractivity contribution >= 4 is 32.5 Å². The van der Waals surface area contributed by atoms with E-state index >= 15 is 0 Å². The molecular formula is C26H25N5O4S. The molecule has 4 aromatic rings. The van der Waals surface area contributed by atoms with Gasteiger partial charge in [0.05, 0.1) is 53.0 Å². The summed E-state index contributed by atoms with van der Waals surface area (Å²) in [5.74, 6) is -0.876. The number of aromatic nitrogens is 3. The van der Waals surface area contributed by atoms with E-state index < -0.39 is 29.7 Å². The van der Waals surface area contributed by atoms with E-state index in [0.717, 1.165) is 0 Å². The number of anilines is 1. The number of nitrogens with one attached hydrogen (secondary N) is 1. The molecule has 9 nitrogen and oxygen atoms in total. The van der Waals surface area contributed by atoms with Crippen LogP contribution in [0.15, 0.2) is 65.7 Å². The minimum absolute atomic E-state index is 0.0352. The molecule has 0 atom stereocenters. The zero-order valence-corrected chi connectivity index (χ0v) is 19.7. The van der Waals surface area contributed by atoms with Crippen molar-refractivity contribution in [3.8, 4) is 11.4 Å². The van der Waals surface area contributed by atoms with E-state index in [9.17, 15) is 13.2 Å². The van der Waals surface area contributed by atoms with Crippen LogP contribution in [0.2, 0.25) is 0 Å². The fraction of sp³-hybridized carbons (Fsp3) is 0.231. The van der Waals surface area contributed by atoms with E-state index in [-0.39, 0.29) is 47.5 Å². The van der Waals surface area contributed by atoms with Gasteiger partial charge in [-0.25, -0.2) is 18.4 Å². The van der Waals surface area contributed by atoms with E-state index in [0.29, 0.717) is 32.8 Å². The van der Waals surface area contributed by atoms with Crippen molar-refractivity contribution < 1.29 is 26.2 Å². The lowest BCUT2D eigenvalue weighted by molar-refractivity contribution is 0.0950. The molecular weight excluding hydrogens is 478 g/mol. The maximum atomic E-state index is 12.9. The third kappa shape index (κ3) is 4.91. The fourth-order valence-corrected chi connectivity index (χ4v) is 5.22. The first-order chi connectivity index (χ1) is 19.7. The van der Waals surface area contributed by atoms with Crippen molar-refractivity contribution in [1.82, 2.24) is 20.3 Å². The number of hydrogen-bond acceptors (Lipinski definition) is 8. The molecule has 1 N–H and O–H groups in total. The van der Waals surface area contributed by atoms with Gasteiger partial charge in [-0.2, -0.15) is 0 Å². The van der Waals surface area contributed by atoms with Crippen LogP contribution in [0.4, 0.5) is 5.82 Å². The number of pyridine rings is 3. The van der Waals surface area contributed by atoms with Crippen molar-refractivity contribution in [2.75, 3.05) is 31.2 Å². The van der Waals surface area contributed by atoms with Crippen molar-refractivity contribution in [3.05, 3.63) is 77.6 Å². The number of hydrogen-bond donors (Lipinski definition) is 1. The Kier molecular flexibility index (Phi) is 4.69. The molecule has 0 unspecified atom stereocenters. The number of nitrogens with zero attached hydrogens (tertiary/aromatic N) is 4. The zero-order valence-electron chi connectivity index (χ0n) is 24.9. The smallest absolute Gasteiger partial charge is 0.251 e. The standard InChI is InChI=1S/C26H25N5O4S/c1-31(2)25-5-3-4-21(30-25)22-9-8-18-14-27-20(13-23(18)29-22)15-28-26(32)17-6-7-19-16-35-10-11-36(33,34)24(19)12-17/h3-9,12-14H,10-11,15-16H2,1-2H3,(H,28,32)/i1D3,2D3. The number of rotatable bonds is 5. The third-order valence-electron chi connectivity index (χ3n) is 5.70. The van der Waals surface area contributed by atoms with E-state index in [1.54, 1.807) is 42.6 Å². The highest BCUT2D eigenvalue weighted by atomic mass is 32.2. The largest absolute Gasteiger partial charge is 0.376 e. The van der Waals surface area contributed by atoms with Crippen LogP contribution in [0, 0.1) is 0 Å². The van der Waals surface area contributed by atoms with Crippen LogP contribution in [0.3, 0.4) is 0 Å². The molecule has 36 heavy (non-hydrogen) atoms. The summed E-state index contributed by atoms with van der Waals surface area (Å²) in [5, 5.41) is 3.43. The fourth-order valence-electron chi connectivity index (χ4n) is 3.83. The summed E-state index contributed by atoms with van der Waals surface area (Å²) >= 11 is 0. The summed E-state index contributed by atoms with van der Waals surface area (Å²) in [5.41, 5.74) is 2.33. The summed E-state index contributed by atoms with van der Waals surface area (Å²) in [7, 11) is -3.56. The number of carbonyl (C=O) groups excluding carboxylic acids is 1. The second kappa shape index (κ2) is 9.63. The lowest BCUT2D eigenvalue weighted by Crippen LogP contribution is -2.23. The van der Waals surface area contributed by atoms with E-state index in [4.69, 9.17) is 13.0 Å². The Morgan fingerprint density at radius 2 is 1.97 bits per heavy atom. The van der Waals surface area contributed by atoms with Gasteiger partial charge in [0.2, 0.25) is 0 Å². The lowest BCUT2D eigenvalue weighted by Gasteiger charge is -2.12. The van der Waals surface area contributed by atoms with Crippen LogP contribution in [0.1, 0.15) is 29.8 Å². The van der Waals surface area contributed by atoms with Crippen molar-refractivity contribution in [3.63, 3.8) is 0 Å². The number of amides is 1. The second-order valence-corrected chi connectivity index (χ2v) is 10.2. The number of sulfone groups is 1. The first-order valence-corrected chi connectivity index (χ1v) is 12.6. The number of carbonyl (C=O) groups is 1. The SMILES string of the molecule is [2H]C([2H])([2H])N(c1cccc(-c2ccc3cnc(CNC(=O)c4ccc5c(c4)S(=O)(=O)CCOC5)cc3n2)n1)C([2H])([2H])[2H]. The average molecular weight is 510 g/mol. The quantitative estimate of drug-likeness (QED) is 0.437. The molecule has 1 aliphatic heterocycles. The molecule has 0 aliphatic carbocycles. The summed E-state index contributed by atoms with van der Waals surface area (Å²) in [6, 6.07) is 13.9.